The smallest absolute Gasteiger partial charge is 0.248 e. The standard InChI is InChI=1S/C16H16N2O4S/c17-16(19)11-5-7-14(8-6-11)23(20,21)18-10-13-9-12-3-1-2-4-15(12)22-13/h1-8,13,18H,9-10H2,(H2,17,19)/t13-/m0/s1. The molecule has 0 radical (unpaired) electrons. The molecule has 7 heteroatoms. The highest BCUT2D eigenvalue weighted by Crippen LogP contribution is 2.27. The summed E-state index contributed by atoms with van der Waals surface area (Å²) in [5.74, 6) is 0.196. The maximum atomic E-state index is 12.3. The highest BCUT2D eigenvalue weighted by atomic mass is 32.2. The molecule has 2 aromatic carbocycles. The van der Waals surface area contributed by atoms with Crippen molar-refractivity contribution >= 4 is 15.9 Å². The van der Waals surface area contributed by atoms with Crippen molar-refractivity contribution in [2.45, 2.75) is 17.4 Å². The molecule has 120 valence electrons. The summed E-state index contributed by atoms with van der Waals surface area (Å²) in [5.41, 5.74) is 6.47. The third kappa shape index (κ3) is 3.35. The van der Waals surface area contributed by atoms with Crippen LogP contribution in [0.1, 0.15) is 15.9 Å². The van der Waals surface area contributed by atoms with Crippen LogP contribution in [0.25, 0.3) is 0 Å². The van der Waals surface area contributed by atoms with Gasteiger partial charge in [-0.3, -0.25) is 4.79 Å². The quantitative estimate of drug-likeness (QED) is 0.855. The molecule has 0 spiro atoms. The van der Waals surface area contributed by atoms with Gasteiger partial charge in [0, 0.05) is 18.5 Å². The first-order valence-electron chi connectivity index (χ1n) is 7.10. The molecule has 6 nitrogen and oxygen atoms in total. The second kappa shape index (κ2) is 6.02. The molecule has 23 heavy (non-hydrogen) atoms. The van der Waals surface area contributed by atoms with Crippen LogP contribution in [0.4, 0.5) is 0 Å². The van der Waals surface area contributed by atoms with Crippen LogP contribution in [0.5, 0.6) is 5.75 Å². The number of primary amides is 1. The molecular formula is C16H16N2O4S. The Morgan fingerprint density at radius 1 is 1.17 bits per heavy atom. The fourth-order valence-corrected chi connectivity index (χ4v) is 3.52. The van der Waals surface area contributed by atoms with E-state index in [9.17, 15) is 13.2 Å². The molecule has 1 atom stereocenters. The summed E-state index contributed by atoms with van der Waals surface area (Å²) in [5, 5.41) is 0. The molecule has 1 amide bonds. The number of ether oxygens (including phenoxy) is 1. The van der Waals surface area contributed by atoms with Crippen LogP contribution in [0.3, 0.4) is 0 Å². The molecule has 0 saturated carbocycles. The largest absolute Gasteiger partial charge is 0.488 e. The number of fused-ring (bicyclic) bond motifs is 1. The minimum Gasteiger partial charge on any atom is -0.488 e. The molecule has 0 aliphatic carbocycles. The van der Waals surface area contributed by atoms with Crippen molar-refractivity contribution in [3.63, 3.8) is 0 Å². The van der Waals surface area contributed by atoms with E-state index >= 15 is 0 Å². The molecule has 1 aliphatic heterocycles. The number of sulfonamides is 1. The van der Waals surface area contributed by atoms with Gasteiger partial charge in [0.2, 0.25) is 15.9 Å². The number of carbonyl (C=O) groups excluding carboxylic acids is 1. The van der Waals surface area contributed by atoms with E-state index in [1.54, 1.807) is 0 Å². The lowest BCUT2D eigenvalue weighted by Gasteiger charge is -2.12. The maximum absolute atomic E-state index is 12.3. The van der Waals surface area contributed by atoms with Gasteiger partial charge in [-0.1, -0.05) is 18.2 Å². The monoisotopic (exact) mass is 332 g/mol. The van der Waals surface area contributed by atoms with Crippen LogP contribution in [0.2, 0.25) is 0 Å². The zero-order chi connectivity index (χ0) is 16.4. The van der Waals surface area contributed by atoms with E-state index in [0.717, 1.165) is 11.3 Å². The Balaban J connectivity index is 1.65. The number of carbonyl (C=O) groups is 1. The highest BCUT2D eigenvalue weighted by molar-refractivity contribution is 7.89. The van der Waals surface area contributed by atoms with Gasteiger partial charge >= 0.3 is 0 Å². The van der Waals surface area contributed by atoms with Crippen LogP contribution in [-0.4, -0.2) is 27.0 Å². The van der Waals surface area contributed by atoms with Gasteiger partial charge in [-0.15, -0.1) is 0 Å². The van der Waals surface area contributed by atoms with Crippen molar-refractivity contribution in [3.05, 3.63) is 59.7 Å². The van der Waals surface area contributed by atoms with Crippen molar-refractivity contribution in [1.29, 1.82) is 0 Å². The van der Waals surface area contributed by atoms with Crippen LogP contribution in [0, 0.1) is 0 Å². The van der Waals surface area contributed by atoms with Crippen LogP contribution >= 0.6 is 0 Å². The molecule has 0 fully saturated rings. The number of hydrogen-bond donors (Lipinski definition) is 2. The van der Waals surface area contributed by atoms with Crippen molar-refractivity contribution in [2.24, 2.45) is 5.73 Å². The Hall–Kier alpha value is -2.38. The van der Waals surface area contributed by atoms with Gasteiger partial charge in [0.05, 0.1) is 4.90 Å². The summed E-state index contributed by atoms with van der Waals surface area (Å²) in [7, 11) is -3.66. The average Bonchev–Trinajstić information content (AvgIpc) is 2.96. The van der Waals surface area contributed by atoms with E-state index in [0.29, 0.717) is 6.42 Å². The number of nitrogens with two attached hydrogens (primary N) is 1. The third-order valence-corrected chi connectivity index (χ3v) is 5.10. The number of benzene rings is 2. The molecule has 1 aliphatic rings. The molecule has 1 heterocycles. The van der Waals surface area contributed by atoms with Crippen molar-refractivity contribution in [2.75, 3.05) is 6.54 Å². The minimum absolute atomic E-state index is 0.0815. The lowest BCUT2D eigenvalue weighted by molar-refractivity contribution is 0.1000. The lowest BCUT2D eigenvalue weighted by atomic mass is 10.1. The van der Waals surface area contributed by atoms with Gasteiger partial charge in [0.25, 0.3) is 0 Å². The average molecular weight is 332 g/mol. The van der Waals surface area contributed by atoms with E-state index in [2.05, 4.69) is 4.72 Å². The van der Waals surface area contributed by atoms with Gasteiger partial charge in [0.1, 0.15) is 11.9 Å². The first-order chi connectivity index (χ1) is 11.0. The topological polar surface area (TPSA) is 98.5 Å². The second-order valence-electron chi connectivity index (χ2n) is 5.29. The Morgan fingerprint density at radius 2 is 1.87 bits per heavy atom. The van der Waals surface area contributed by atoms with Gasteiger partial charge < -0.3 is 10.5 Å². The SMILES string of the molecule is NC(=O)c1ccc(S(=O)(=O)NC[C@@H]2Cc3ccccc3O2)cc1. The van der Waals surface area contributed by atoms with E-state index in [1.165, 1.54) is 24.3 Å². The number of para-hydroxylation sites is 1. The minimum atomic E-state index is -3.66. The number of amides is 1. The summed E-state index contributed by atoms with van der Waals surface area (Å²) >= 11 is 0. The third-order valence-electron chi connectivity index (χ3n) is 3.66. The summed E-state index contributed by atoms with van der Waals surface area (Å²) in [6.45, 7) is 0.175. The maximum Gasteiger partial charge on any atom is 0.248 e. The Labute approximate surface area is 134 Å². The molecule has 0 aromatic heterocycles. The Kier molecular flexibility index (Phi) is 4.06. The number of rotatable bonds is 5. The normalized spacial score (nSPS) is 16.6. The van der Waals surface area contributed by atoms with Gasteiger partial charge in [-0.2, -0.15) is 0 Å². The molecule has 0 saturated heterocycles. The zero-order valence-electron chi connectivity index (χ0n) is 12.2. The van der Waals surface area contributed by atoms with Gasteiger partial charge in [-0.25, -0.2) is 13.1 Å². The number of nitrogens with one attached hydrogen (secondary N) is 1. The molecule has 0 unspecified atom stereocenters. The second-order valence-corrected chi connectivity index (χ2v) is 7.06. The van der Waals surface area contributed by atoms with Gasteiger partial charge in [0.15, 0.2) is 0 Å². The molecule has 3 rings (SSSR count). The van der Waals surface area contributed by atoms with Crippen LogP contribution < -0.4 is 15.2 Å². The molecule has 3 N–H and O–H groups in total. The van der Waals surface area contributed by atoms with Crippen molar-refractivity contribution in [1.82, 2.24) is 4.72 Å². The van der Waals surface area contributed by atoms with Crippen LogP contribution in [-0.2, 0) is 16.4 Å². The van der Waals surface area contributed by atoms with Gasteiger partial charge in [-0.05, 0) is 35.9 Å². The van der Waals surface area contributed by atoms with E-state index in [4.69, 9.17) is 10.5 Å². The Bertz CT molecular complexity index is 806. The first kappa shape index (κ1) is 15.5. The first-order valence-corrected chi connectivity index (χ1v) is 8.58. The Morgan fingerprint density at radius 3 is 2.52 bits per heavy atom. The summed E-state index contributed by atoms with van der Waals surface area (Å²) < 4.78 is 32.8. The van der Waals surface area contributed by atoms with E-state index in [1.807, 2.05) is 24.3 Å². The van der Waals surface area contributed by atoms with Crippen molar-refractivity contribution < 1.29 is 17.9 Å². The van der Waals surface area contributed by atoms with E-state index in [-0.39, 0.29) is 23.1 Å². The van der Waals surface area contributed by atoms with Crippen molar-refractivity contribution in [3.8, 4) is 5.75 Å². The lowest BCUT2D eigenvalue weighted by Crippen LogP contribution is -2.34. The molecule has 2 aromatic rings. The zero-order valence-corrected chi connectivity index (χ0v) is 13.0. The molecular weight excluding hydrogens is 316 g/mol. The highest BCUT2D eigenvalue weighted by Gasteiger charge is 2.24. The van der Waals surface area contributed by atoms with Crippen LogP contribution in [0.15, 0.2) is 53.4 Å². The summed E-state index contributed by atoms with van der Waals surface area (Å²) in [6, 6.07) is 13.1. The fourth-order valence-electron chi connectivity index (χ4n) is 2.45. The predicted molar refractivity (Wildman–Crippen MR) is 84.7 cm³/mol. The van der Waals surface area contributed by atoms with E-state index < -0.39 is 15.9 Å². The predicted octanol–water partition coefficient (Wildman–Crippen LogP) is 1.07. The summed E-state index contributed by atoms with van der Waals surface area (Å²) in [6.07, 6.45) is 0.436. The fraction of sp³-hybridized carbons (Fsp3) is 0.188. The molecule has 0 bridgehead atoms. The summed E-state index contributed by atoms with van der Waals surface area (Å²) in [4.78, 5) is 11.1. The number of hydrogen-bond acceptors (Lipinski definition) is 4.